The number of rotatable bonds is 26. The van der Waals surface area contributed by atoms with Gasteiger partial charge in [-0.25, -0.2) is 29.1 Å². The highest BCUT2D eigenvalue weighted by Crippen LogP contribution is 2.72. The van der Waals surface area contributed by atoms with Gasteiger partial charge >= 0.3 is 24.0 Å². The minimum absolute atomic E-state index is 0.0108. The number of hydrogen-bond donors (Lipinski definition) is 11. The van der Waals surface area contributed by atoms with Crippen LogP contribution in [0.2, 0.25) is 0 Å². The zero-order valence-electron chi connectivity index (χ0n) is 54.3. The number of nitrogens with zero attached hydrogens (tertiary/aromatic N) is 5. The number of fused-ring (bicyclic) bond motifs is 2. The lowest BCUT2D eigenvalue weighted by molar-refractivity contribution is -0.294. The minimum atomic E-state index is -1.97. The molecular formula is C70H81N7O20S. The quantitative estimate of drug-likeness (QED) is 0.0266. The number of para-hydroxylation sites is 1. The molecule has 27 nitrogen and oxygen atoms in total. The zero-order valence-corrected chi connectivity index (χ0v) is 55.1. The number of hydrogen-bond acceptors (Lipinski definition) is 22. The zero-order chi connectivity index (χ0) is 69.6. The van der Waals surface area contributed by atoms with Crippen LogP contribution >= 0.6 is 11.3 Å². The Morgan fingerprint density at radius 1 is 0.724 bits per heavy atom. The van der Waals surface area contributed by atoms with Crippen molar-refractivity contribution in [1.29, 1.82) is 0 Å². The minimum Gasteiger partial charge on any atom is -0.479 e. The van der Waals surface area contributed by atoms with Gasteiger partial charge in [0.25, 0.3) is 5.91 Å². The molecule has 4 aliphatic carbocycles. The molecule has 12 atom stereocenters. The summed E-state index contributed by atoms with van der Waals surface area (Å²) in [5.41, 5.74) is 9.27. The third kappa shape index (κ3) is 14.5. The topological polar surface area (TPSA) is 408 Å². The molecule has 28 heteroatoms. The number of aryl methyl sites for hydroxylation is 1. The number of carboxylic acid groups (broad SMARTS) is 3. The van der Waals surface area contributed by atoms with E-state index in [4.69, 9.17) is 44.2 Å². The molecule has 4 bridgehead atoms. The van der Waals surface area contributed by atoms with Crippen LogP contribution in [0, 0.1) is 23.2 Å². The van der Waals surface area contributed by atoms with Gasteiger partial charge in [-0.2, -0.15) is 5.10 Å². The molecule has 3 unspecified atom stereocenters. The summed E-state index contributed by atoms with van der Waals surface area (Å²) in [5, 5.41) is 103. The average Bonchev–Trinajstić information content (AvgIpc) is 0.814. The predicted octanol–water partition coefficient (Wildman–Crippen LogP) is 6.26. The number of carbonyl (C=O) groups excluding carboxylic acids is 2. The van der Waals surface area contributed by atoms with E-state index in [1.165, 1.54) is 16.2 Å². The molecule has 12 N–H and O–H groups in total. The molecule has 2 saturated heterocycles. The molecule has 6 aliphatic rings. The molecule has 4 saturated carbocycles. The molecule has 4 aromatic carbocycles. The van der Waals surface area contributed by atoms with Crippen LogP contribution in [0.3, 0.4) is 0 Å². The summed E-state index contributed by atoms with van der Waals surface area (Å²) in [6.07, 6.45) is -11.1. The van der Waals surface area contributed by atoms with Gasteiger partial charge in [-0.05, 0) is 153 Å². The van der Waals surface area contributed by atoms with E-state index in [0.717, 1.165) is 59.0 Å². The van der Waals surface area contributed by atoms with E-state index in [9.17, 15) is 69.9 Å². The molecule has 0 radical (unpaired) electrons. The summed E-state index contributed by atoms with van der Waals surface area (Å²) in [7, 11) is 0. The summed E-state index contributed by atoms with van der Waals surface area (Å²) in [4.78, 5) is 76.1. The van der Waals surface area contributed by atoms with Crippen molar-refractivity contribution >= 4 is 67.4 Å². The van der Waals surface area contributed by atoms with Crippen molar-refractivity contribution in [1.82, 2.24) is 24.6 Å². The van der Waals surface area contributed by atoms with Crippen LogP contribution in [0.5, 0.6) is 5.75 Å². The van der Waals surface area contributed by atoms with Crippen molar-refractivity contribution < 1.29 is 98.4 Å². The van der Waals surface area contributed by atoms with Gasteiger partial charge in [0.15, 0.2) is 29.3 Å². The van der Waals surface area contributed by atoms with Crippen molar-refractivity contribution in [2.24, 2.45) is 22.0 Å². The summed E-state index contributed by atoms with van der Waals surface area (Å²) < 4.78 is 38.5. The summed E-state index contributed by atoms with van der Waals surface area (Å²) in [6, 6.07) is 27.1. The van der Waals surface area contributed by atoms with Crippen LogP contribution in [-0.4, -0.2) is 200 Å². The third-order valence-corrected chi connectivity index (χ3v) is 20.7. The second-order valence-corrected chi connectivity index (χ2v) is 28.7. The molecule has 13 rings (SSSR count). The van der Waals surface area contributed by atoms with E-state index in [1.54, 1.807) is 48.7 Å². The number of anilines is 1. The molecule has 522 valence electrons. The first-order valence-corrected chi connectivity index (χ1v) is 33.6. The number of ether oxygens (including phenoxy) is 6. The molecule has 98 heavy (non-hydrogen) atoms. The number of pyridine rings is 1. The van der Waals surface area contributed by atoms with Crippen LogP contribution in [0.15, 0.2) is 97.2 Å². The molecule has 3 aromatic heterocycles. The molecule has 2 aliphatic heterocycles. The van der Waals surface area contributed by atoms with Crippen molar-refractivity contribution in [2.45, 2.75) is 165 Å². The maximum atomic E-state index is 14.5. The number of thiazole rings is 1. The molecule has 6 fully saturated rings. The summed E-state index contributed by atoms with van der Waals surface area (Å²) in [5.74, 6) is -4.74. The van der Waals surface area contributed by atoms with Crippen LogP contribution < -0.4 is 15.8 Å². The van der Waals surface area contributed by atoms with Crippen LogP contribution in [-0.2, 0) is 52.8 Å². The lowest BCUT2D eigenvalue weighted by Gasteiger charge is -2.69. The number of carboxylic acids is 3. The number of nitrogens with two attached hydrogens (primary N) is 1. The standard InChI is InChI=1S/C70H81N7O20S/c1-37-45(42-19-20-46(73-50(42)60(85)86)40-18-17-39-11-8-12-43(44(39)27-40)59(84)75-65-74-47-13-4-5-14-49(47)98-65)28-72-77(37)36-69-31-67(2)30-68(3,32-69)34-70(33-67,35-69)94-25-23-76(22-9-24-92-63-55(82)51(78)53(80)57(96-63)61(87)88)66(91)93-29-41-16-15-38(10-6-7-21-71)26-48(41)95-64-56(83)52(79)54(81)58(97-64)62(89)90/h4-5,8,11-20,26-28,51-58,63-64,78-83H,6-7,9-10,21-25,29-36,71H2,1-3H3,(H,85,86)(H,87,88)(H,89,90)(H,74,75,84)/t51-,52-,53-,54?,55+,56+,57-,58-,63+,64+,67?,68?,69?,70?/m1/s1. The number of amides is 2. The molecular weight excluding hydrogens is 1290 g/mol. The fraction of sp³-hybridized carbons (Fsp3) is 0.486. The molecule has 0 spiro atoms. The molecule has 5 heterocycles. The van der Waals surface area contributed by atoms with Gasteiger partial charge < -0.3 is 85.0 Å². The number of aliphatic hydroxyl groups is 6. The van der Waals surface area contributed by atoms with Crippen molar-refractivity contribution in [2.75, 3.05) is 38.2 Å². The van der Waals surface area contributed by atoms with Crippen molar-refractivity contribution in [3.8, 4) is 28.1 Å². The number of aromatic nitrogens is 4. The number of carbonyl (C=O) groups is 5. The maximum absolute atomic E-state index is 14.5. The second kappa shape index (κ2) is 28.3. The highest BCUT2D eigenvalue weighted by molar-refractivity contribution is 7.22. The highest BCUT2D eigenvalue weighted by atomic mass is 32.1. The fourth-order valence-electron chi connectivity index (χ4n) is 16.3. The Bertz CT molecular complexity index is 4100. The first-order chi connectivity index (χ1) is 46.8. The maximum Gasteiger partial charge on any atom is 0.410 e. The number of benzene rings is 4. The Kier molecular flexibility index (Phi) is 20.1. The van der Waals surface area contributed by atoms with Crippen molar-refractivity contribution in [3.63, 3.8) is 0 Å². The Balaban J connectivity index is 0.757. The first-order valence-electron chi connectivity index (χ1n) is 32.7. The predicted molar refractivity (Wildman–Crippen MR) is 353 cm³/mol. The Labute approximate surface area is 566 Å². The Hall–Kier alpha value is -8.10. The average molecular weight is 1370 g/mol. The number of aliphatic carboxylic acids is 2. The second-order valence-electron chi connectivity index (χ2n) is 27.6. The van der Waals surface area contributed by atoms with Crippen LogP contribution in [0.1, 0.15) is 109 Å². The SMILES string of the molecule is Cc1c(-c2ccc(-c3ccc4cccc(C(=O)Nc5nc6ccccc6s5)c4c3)nc2C(=O)O)cnn1CC12CC3(C)CC(C)(C1)CC(OCCN(CCCO[C@H]1O[C@@H](C(=O)O)[C@H](O)[C@@H](O)[C@@H]1O)C(=O)OCc1ccc(CCCCN)cc1O[C@H]1O[C@@H](C(=O)O)C(O)[C@@H](O)[C@@H]1O)(C3)C2. The van der Waals surface area contributed by atoms with Gasteiger partial charge in [0.2, 0.25) is 6.29 Å². The number of aromatic carboxylic acids is 1. The van der Waals surface area contributed by atoms with E-state index in [2.05, 4.69) is 24.1 Å². The van der Waals surface area contributed by atoms with E-state index in [1.807, 2.05) is 60.1 Å². The monoisotopic (exact) mass is 1370 g/mol. The highest BCUT2D eigenvalue weighted by Gasteiger charge is 2.66. The van der Waals surface area contributed by atoms with Gasteiger partial charge in [-0.3, -0.25) is 14.8 Å². The van der Waals surface area contributed by atoms with Crippen molar-refractivity contribution in [3.05, 3.63) is 125 Å². The van der Waals surface area contributed by atoms with Gasteiger partial charge in [-0.1, -0.05) is 73.7 Å². The largest absolute Gasteiger partial charge is 0.479 e. The third-order valence-electron chi connectivity index (χ3n) is 19.7. The summed E-state index contributed by atoms with van der Waals surface area (Å²) in [6.45, 7) is 6.77. The lowest BCUT2D eigenvalue weighted by atomic mass is 9.39. The summed E-state index contributed by atoms with van der Waals surface area (Å²) >= 11 is 1.37. The Morgan fingerprint density at radius 3 is 2.14 bits per heavy atom. The smallest absolute Gasteiger partial charge is 0.410 e. The lowest BCUT2D eigenvalue weighted by Crippen LogP contribution is -2.64. The van der Waals surface area contributed by atoms with Gasteiger partial charge in [0, 0.05) is 53.1 Å². The van der Waals surface area contributed by atoms with Gasteiger partial charge in [0.1, 0.15) is 49.0 Å². The van der Waals surface area contributed by atoms with Gasteiger partial charge in [0.05, 0.1) is 40.9 Å². The van der Waals surface area contributed by atoms with Crippen LogP contribution in [0.25, 0.3) is 43.4 Å². The van der Waals surface area contributed by atoms with E-state index in [-0.39, 0.29) is 71.9 Å². The van der Waals surface area contributed by atoms with Crippen LogP contribution in [0.4, 0.5) is 9.93 Å². The number of nitrogens with one attached hydrogen (secondary N) is 1. The Morgan fingerprint density at radius 2 is 1.44 bits per heavy atom. The van der Waals surface area contributed by atoms with E-state index in [0.29, 0.717) is 77.2 Å². The first kappa shape index (κ1) is 69.8. The number of aliphatic hydroxyl groups excluding tert-OH is 6. The normalized spacial score (nSPS) is 28.8. The molecule has 7 aromatic rings. The number of unbranched alkanes of at least 4 members (excludes halogenated alkanes) is 1. The van der Waals surface area contributed by atoms with E-state index >= 15 is 0 Å². The fourth-order valence-corrected chi connectivity index (χ4v) is 17.2. The van der Waals surface area contributed by atoms with Gasteiger partial charge in [-0.15, -0.1) is 0 Å². The molecule has 2 amide bonds. The van der Waals surface area contributed by atoms with E-state index < -0.39 is 97.6 Å².